The largest absolute Gasteiger partial charge is 0.372 e. The Kier molecular flexibility index (Phi) is 6.37. The number of ether oxygens (including phenoxy) is 1. The summed E-state index contributed by atoms with van der Waals surface area (Å²) in [6.45, 7) is 6.51. The monoisotopic (exact) mass is 229 g/mol. The van der Waals surface area contributed by atoms with Crippen molar-refractivity contribution in [1.29, 1.82) is 0 Å². The highest BCUT2D eigenvalue weighted by Crippen LogP contribution is 1.99. The Balaban J connectivity index is 1.93. The fourth-order valence-corrected chi connectivity index (χ4v) is 1.70. The first-order valence-electron chi connectivity index (χ1n) is 5.91. The predicted molar refractivity (Wildman–Crippen MR) is 63.4 cm³/mol. The lowest BCUT2D eigenvalue weighted by atomic mass is 10.3. The van der Waals surface area contributed by atoms with E-state index in [0.717, 1.165) is 39.1 Å². The van der Waals surface area contributed by atoms with E-state index in [9.17, 15) is 4.79 Å². The molecule has 0 aromatic heterocycles. The van der Waals surface area contributed by atoms with Crippen molar-refractivity contribution < 1.29 is 9.53 Å². The van der Waals surface area contributed by atoms with E-state index in [2.05, 4.69) is 22.2 Å². The summed E-state index contributed by atoms with van der Waals surface area (Å²) < 4.78 is 5.25. The van der Waals surface area contributed by atoms with Crippen LogP contribution in [0, 0.1) is 0 Å². The summed E-state index contributed by atoms with van der Waals surface area (Å²) in [5.74, 6) is -0.0559. The van der Waals surface area contributed by atoms with Gasteiger partial charge in [-0.2, -0.15) is 0 Å². The molecule has 1 rings (SSSR count). The van der Waals surface area contributed by atoms with Gasteiger partial charge >= 0.3 is 0 Å². The van der Waals surface area contributed by atoms with Crippen LogP contribution in [0.5, 0.6) is 0 Å². The molecule has 0 radical (unpaired) electrons. The van der Waals surface area contributed by atoms with Gasteiger partial charge in [0.1, 0.15) is 6.61 Å². The molecule has 94 valence electrons. The Morgan fingerprint density at radius 1 is 1.31 bits per heavy atom. The van der Waals surface area contributed by atoms with Gasteiger partial charge in [0.05, 0.1) is 0 Å². The second kappa shape index (κ2) is 7.60. The molecule has 1 aliphatic rings. The van der Waals surface area contributed by atoms with Crippen LogP contribution in [0.1, 0.15) is 6.42 Å². The van der Waals surface area contributed by atoms with E-state index >= 15 is 0 Å². The van der Waals surface area contributed by atoms with Crippen LogP contribution in [-0.2, 0) is 9.53 Å². The van der Waals surface area contributed by atoms with Gasteiger partial charge in [0.15, 0.2) is 0 Å². The highest BCUT2D eigenvalue weighted by atomic mass is 16.5. The fourth-order valence-electron chi connectivity index (χ4n) is 1.70. The predicted octanol–water partition coefficient (Wildman–Crippen LogP) is -0.613. The van der Waals surface area contributed by atoms with Gasteiger partial charge in [-0.3, -0.25) is 4.79 Å². The minimum absolute atomic E-state index is 0.0559. The lowest BCUT2D eigenvalue weighted by molar-refractivity contribution is -0.125. The van der Waals surface area contributed by atoms with Crippen LogP contribution in [0.2, 0.25) is 0 Å². The third-order valence-corrected chi connectivity index (χ3v) is 2.87. The Labute approximate surface area is 97.7 Å². The number of hydrogen-bond donors (Lipinski definition) is 1. The van der Waals surface area contributed by atoms with Gasteiger partial charge in [0.25, 0.3) is 0 Å². The maximum absolute atomic E-state index is 10.9. The molecular weight excluding hydrogens is 206 g/mol. The topological polar surface area (TPSA) is 44.8 Å². The highest BCUT2D eigenvalue weighted by molar-refractivity contribution is 5.76. The van der Waals surface area contributed by atoms with E-state index in [0.29, 0.717) is 6.61 Å². The van der Waals surface area contributed by atoms with Gasteiger partial charge in [-0.1, -0.05) is 0 Å². The number of rotatable bonds is 6. The van der Waals surface area contributed by atoms with Crippen LogP contribution < -0.4 is 5.32 Å². The number of likely N-dealkylation sites (N-methyl/N-ethyl adjacent to an activating group) is 2. The van der Waals surface area contributed by atoms with Crippen LogP contribution in [-0.4, -0.2) is 75.7 Å². The second-order valence-corrected chi connectivity index (χ2v) is 4.22. The molecule has 5 heteroatoms. The van der Waals surface area contributed by atoms with Crippen LogP contribution in [0.4, 0.5) is 0 Å². The van der Waals surface area contributed by atoms with E-state index in [-0.39, 0.29) is 12.5 Å². The average Bonchev–Trinajstić information content (AvgIpc) is 2.31. The van der Waals surface area contributed by atoms with Crippen LogP contribution in [0.3, 0.4) is 0 Å². The van der Waals surface area contributed by atoms with E-state index in [1.807, 2.05) is 0 Å². The molecule has 1 saturated heterocycles. The molecule has 1 aliphatic heterocycles. The number of nitrogens with one attached hydrogen (secondary N) is 1. The van der Waals surface area contributed by atoms with E-state index in [1.54, 1.807) is 7.05 Å². The molecule has 0 saturated carbocycles. The molecule has 16 heavy (non-hydrogen) atoms. The van der Waals surface area contributed by atoms with Gasteiger partial charge in [0, 0.05) is 46.4 Å². The summed E-state index contributed by atoms with van der Waals surface area (Å²) in [5.41, 5.74) is 0. The number of hydrogen-bond acceptors (Lipinski definition) is 4. The number of piperazine rings is 1. The average molecular weight is 229 g/mol. The highest BCUT2D eigenvalue weighted by Gasteiger charge is 2.12. The van der Waals surface area contributed by atoms with Crippen molar-refractivity contribution in [3.8, 4) is 0 Å². The zero-order valence-corrected chi connectivity index (χ0v) is 10.4. The summed E-state index contributed by atoms with van der Waals surface area (Å²) in [4.78, 5) is 15.7. The Bertz CT molecular complexity index is 203. The molecule has 5 nitrogen and oxygen atoms in total. The van der Waals surface area contributed by atoms with Crippen molar-refractivity contribution in [3.63, 3.8) is 0 Å². The molecule has 1 fully saturated rings. The number of nitrogens with zero attached hydrogens (tertiary/aromatic N) is 2. The quantitative estimate of drug-likeness (QED) is 0.617. The number of amides is 1. The first-order chi connectivity index (χ1) is 7.72. The van der Waals surface area contributed by atoms with Gasteiger partial charge in [-0.25, -0.2) is 0 Å². The molecule has 0 bridgehead atoms. The molecule has 0 spiro atoms. The van der Waals surface area contributed by atoms with Gasteiger partial charge in [0.2, 0.25) is 5.91 Å². The first-order valence-corrected chi connectivity index (χ1v) is 5.91. The molecule has 1 amide bonds. The molecular formula is C11H23N3O2. The van der Waals surface area contributed by atoms with Crippen molar-refractivity contribution in [2.45, 2.75) is 6.42 Å². The summed E-state index contributed by atoms with van der Waals surface area (Å²) in [6, 6.07) is 0. The summed E-state index contributed by atoms with van der Waals surface area (Å²) in [6.07, 6.45) is 1.00. The maximum Gasteiger partial charge on any atom is 0.245 e. The smallest absolute Gasteiger partial charge is 0.245 e. The normalized spacial score (nSPS) is 18.6. The summed E-state index contributed by atoms with van der Waals surface area (Å²) >= 11 is 0. The zero-order chi connectivity index (χ0) is 11.8. The molecule has 0 aliphatic carbocycles. The van der Waals surface area contributed by atoms with Crippen LogP contribution in [0.15, 0.2) is 0 Å². The minimum atomic E-state index is -0.0559. The second-order valence-electron chi connectivity index (χ2n) is 4.22. The van der Waals surface area contributed by atoms with E-state index in [1.165, 1.54) is 0 Å². The van der Waals surface area contributed by atoms with Crippen molar-refractivity contribution in [2.75, 3.05) is 60.0 Å². The zero-order valence-electron chi connectivity index (χ0n) is 10.4. The molecule has 1 N–H and O–H groups in total. The van der Waals surface area contributed by atoms with Crippen molar-refractivity contribution >= 4 is 5.91 Å². The van der Waals surface area contributed by atoms with Crippen molar-refractivity contribution in [2.24, 2.45) is 0 Å². The van der Waals surface area contributed by atoms with Crippen molar-refractivity contribution in [1.82, 2.24) is 15.1 Å². The number of carbonyl (C=O) groups excluding carboxylic acids is 1. The first kappa shape index (κ1) is 13.4. The number of carbonyl (C=O) groups is 1. The summed E-state index contributed by atoms with van der Waals surface area (Å²) in [5, 5.41) is 2.53. The van der Waals surface area contributed by atoms with Crippen LogP contribution >= 0.6 is 0 Å². The van der Waals surface area contributed by atoms with Gasteiger partial charge < -0.3 is 19.9 Å². The third kappa shape index (κ3) is 5.44. The van der Waals surface area contributed by atoms with Crippen LogP contribution in [0.25, 0.3) is 0 Å². The Morgan fingerprint density at radius 3 is 2.62 bits per heavy atom. The fraction of sp³-hybridized carbons (Fsp3) is 0.909. The van der Waals surface area contributed by atoms with Crippen molar-refractivity contribution in [3.05, 3.63) is 0 Å². The molecule has 0 aromatic carbocycles. The van der Waals surface area contributed by atoms with E-state index in [4.69, 9.17) is 4.74 Å². The standard InChI is InChI=1S/C11H23N3O2/c1-12-11(15)10-16-9-3-4-14-7-5-13(2)6-8-14/h3-10H2,1-2H3,(H,12,15). The molecule has 1 heterocycles. The lowest BCUT2D eigenvalue weighted by Crippen LogP contribution is -2.44. The Hall–Kier alpha value is -0.650. The van der Waals surface area contributed by atoms with Gasteiger partial charge in [-0.15, -0.1) is 0 Å². The summed E-state index contributed by atoms with van der Waals surface area (Å²) in [7, 11) is 3.78. The Morgan fingerprint density at radius 2 is 2.00 bits per heavy atom. The SMILES string of the molecule is CNC(=O)COCCCN1CCN(C)CC1. The molecule has 0 aromatic rings. The molecule has 0 unspecified atom stereocenters. The minimum Gasteiger partial charge on any atom is -0.372 e. The lowest BCUT2D eigenvalue weighted by Gasteiger charge is -2.32. The van der Waals surface area contributed by atoms with Gasteiger partial charge in [-0.05, 0) is 13.5 Å². The third-order valence-electron chi connectivity index (χ3n) is 2.87. The van der Waals surface area contributed by atoms with E-state index < -0.39 is 0 Å². The molecule has 0 atom stereocenters. The maximum atomic E-state index is 10.9.